The van der Waals surface area contributed by atoms with Gasteiger partial charge < -0.3 is 10.1 Å². The van der Waals surface area contributed by atoms with E-state index in [0.29, 0.717) is 17.7 Å². The largest absolute Gasteiger partial charge is 0.496 e. The summed E-state index contributed by atoms with van der Waals surface area (Å²) in [4.78, 5) is 26.0. The van der Waals surface area contributed by atoms with Crippen LogP contribution >= 0.6 is 11.3 Å². The number of thiophene rings is 1. The molecule has 0 aliphatic carbocycles. The van der Waals surface area contributed by atoms with Crippen LogP contribution in [0.2, 0.25) is 0 Å². The first-order valence-corrected chi connectivity index (χ1v) is 10.1. The first kappa shape index (κ1) is 19.1. The molecule has 2 heterocycles. The van der Waals surface area contributed by atoms with E-state index in [-0.39, 0.29) is 11.5 Å². The van der Waals surface area contributed by atoms with Crippen LogP contribution < -0.4 is 15.6 Å². The number of methoxy groups -OCH3 is 1. The number of hydrogen-bond donors (Lipinski definition) is 1. The van der Waals surface area contributed by atoms with Crippen molar-refractivity contribution in [3.63, 3.8) is 0 Å². The lowest BCUT2D eigenvalue weighted by Gasteiger charge is -2.16. The van der Waals surface area contributed by atoms with Crippen molar-refractivity contribution in [3.8, 4) is 5.75 Å². The van der Waals surface area contributed by atoms with E-state index in [1.54, 1.807) is 25.4 Å². The van der Waals surface area contributed by atoms with E-state index in [9.17, 15) is 9.59 Å². The molecule has 2 aromatic heterocycles. The number of para-hydroxylation sites is 1. The molecule has 0 aliphatic heterocycles. The van der Waals surface area contributed by atoms with E-state index in [4.69, 9.17) is 4.74 Å². The summed E-state index contributed by atoms with van der Waals surface area (Å²) >= 11 is 1.55. The third kappa shape index (κ3) is 3.38. The smallest absolute Gasteiger partial charge is 0.276 e. The summed E-state index contributed by atoms with van der Waals surface area (Å²) in [6.45, 7) is 3.86. The van der Waals surface area contributed by atoms with Crippen molar-refractivity contribution in [2.24, 2.45) is 0 Å². The van der Waals surface area contributed by atoms with Gasteiger partial charge in [-0.15, -0.1) is 11.3 Å². The second-order valence-electron chi connectivity index (χ2n) is 6.84. The minimum Gasteiger partial charge on any atom is -0.496 e. The molecule has 6 nitrogen and oxygen atoms in total. The highest BCUT2D eigenvalue weighted by molar-refractivity contribution is 7.26. The molecule has 0 spiro atoms. The number of carbonyl (C=O) groups excluding carboxylic acids is 1. The average Bonchev–Trinajstić information content (AvgIpc) is 3.14. The number of ether oxygens (including phenoxy) is 1. The second-order valence-corrected chi connectivity index (χ2v) is 7.90. The van der Waals surface area contributed by atoms with Gasteiger partial charge in [-0.2, -0.15) is 5.10 Å². The molecule has 0 fully saturated rings. The Balaban J connectivity index is 1.67. The highest BCUT2D eigenvalue weighted by Crippen LogP contribution is 2.32. The second kappa shape index (κ2) is 7.67. The molecule has 29 heavy (non-hydrogen) atoms. The first-order valence-electron chi connectivity index (χ1n) is 9.31. The Morgan fingerprint density at radius 1 is 1.21 bits per heavy atom. The number of aromatic nitrogens is 2. The molecule has 7 heteroatoms. The Kier molecular flexibility index (Phi) is 5.07. The van der Waals surface area contributed by atoms with Gasteiger partial charge in [0.1, 0.15) is 11.8 Å². The molecule has 0 bridgehead atoms. The monoisotopic (exact) mass is 407 g/mol. The lowest BCUT2D eigenvalue weighted by molar-refractivity contribution is -0.124. The van der Waals surface area contributed by atoms with Crippen molar-refractivity contribution in [1.29, 1.82) is 0 Å². The van der Waals surface area contributed by atoms with E-state index in [2.05, 4.69) is 10.4 Å². The molecule has 0 saturated carbocycles. The number of fused-ring (bicyclic) bond motifs is 3. The van der Waals surface area contributed by atoms with Crippen LogP contribution in [0.25, 0.3) is 20.2 Å². The number of benzene rings is 2. The molecular formula is C22H21N3O3S. The van der Waals surface area contributed by atoms with Crippen molar-refractivity contribution < 1.29 is 9.53 Å². The van der Waals surface area contributed by atoms with Gasteiger partial charge in [-0.3, -0.25) is 9.59 Å². The van der Waals surface area contributed by atoms with Crippen LogP contribution in [0.4, 0.5) is 0 Å². The van der Waals surface area contributed by atoms with Gasteiger partial charge in [0.25, 0.3) is 5.56 Å². The number of amides is 1. The molecule has 148 valence electrons. The van der Waals surface area contributed by atoms with Crippen molar-refractivity contribution >= 4 is 37.4 Å². The predicted octanol–water partition coefficient (Wildman–Crippen LogP) is 3.81. The fraction of sp³-hybridized carbons (Fsp3) is 0.227. The van der Waals surface area contributed by atoms with Gasteiger partial charge >= 0.3 is 0 Å². The van der Waals surface area contributed by atoms with Crippen LogP contribution in [-0.2, 0) is 11.3 Å². The first-order chi connectivity index (χ1) is 14.0. The Labute approximate surface area is 171 Å². The standard InChI is InChI=1S/C22H21N3O3S/c1-13-20-19(16-9-5-7-11-18(16)29-20)22(27)25(24-13)14(2)21(26)23-12-15-8-4-6-10-17(15)28-3/h4-11,14H,12H2,1-3H3,(H,23,26)/t14-/m0/s1. The Hall–Kier alpha value is -3.19. The SMILES string of the molecule is COc1ccccc1CNC(=O)[C@H](C)n1nc(C)c2sc3ccccc3c2c1=O. The molecule has 4 aromatic rings. The van der Waals surface area contributed by atoms with E-state index in [1.165, 1.54) is 4.68 Å². The van der Waals surface area contributed by atoms with Crippen LogP contribution in [0.1, 0.15) is 24.2 Å². The maximum Gasteiger partial charge on any atom is 0.276 e. The van der Waals surface area contributed by atoms with Crippen LogP contribution in [0.3, 0.4) is 0 Å². The van der Waals surface area contributed by atoms with Crippen molar-refractivity contribution in [3.05, 3.63) is 70.1 Å². The highest BCUT2D eigenvalue weighted by atomic mass is 32.1. The Bertz CT molecular complexity index is 1280. The van der Waals surface area contributed by atoms with Gasteiger partial charge in [0.15, 0.2) is 0 Å². The normalized spacial score (nSPS) is 12.2. The zero-order valence-electron chi connectivity index (χ0n) is 16.4. The molecule has 2 aromatic carbocycles. The fourth-order valence-corrected chi connectivity index (χ4v) is 4.57. The summed E-state index contributed by atoms with van der Waals surface area (Å²) in [6.07, 6.45) is 0. The van der Waals surface area contributed by atoms with Crippen LogP contribution in [0.5, 0.6) is 5.75 Å². The predicted molar refractivity (Wildman–Crippen MR) is 116 cm³/mol. The van der Waals surface area contributed by atoms with Gasteiger partial charge in [0, 0.05) is 22.2 Å². The highest BCUT2D eigenvalue weighted by Gasteiger charge is 2.22. The summed E-state index contributed by atoms with van der Waals surface area (Å²) < 4.78 is 8.51. The van der Waals surface area contributed by atoms with Gasteiger partial charge in [0.05, 0.1) is 22.9 Å². The summed E-state index contributed by atoms with van der Waals surface area (Å²) in [5.41, 5.74) is 1.36. The van der Waals surface area contributed by atoms with Gasteiger partial charge in [0.2, 0.25) is 5.91 Å². The van der Waals surface area contributed by atoms with Crippen molar-refractivity contribution in [2.45, 2.75) is 26.4 Å². The number of carbonyl (C=O) groups is 1. The van der Waals surface area contributed by atoms with Gasteiger partial charge in [-0.05, 0) is 26.0 Å². The Morgan fingerprint density at radius 2 is 1.93 bits per heavy atom. The fourth-order valence-electron chi connectivity index (χ4n) is 3.43. The number of hydrogen-bond acceptors (Lipinski definition) is 5. The topological polar surface area (TPSA) is 73.2 Å². The minimum atomic E-state index is -0.737. The summed E-state index contributed by atoms with van der Waals surface area (Å²) in [5.74, 6) is 0.432. The average molecular weight is 407 g/mol. The number of rotatable bonds is 5. The maximum atomic E-state index is 13.2. The Morgan fingerprint density at radius 3 is 2.72 bits per heavy atom. The number of aryl methyl sites for hydroxylation is 1. The van der Waals surface area contributed by atoms with Gasteiger partial charge in [-0.1, -0.05) is 36.4 Å². The third-order valence-electron chi connectivity index (χ3n) is 5.00. The number of nitrogens with one attached hydrogen (secondary N) is 1. The molecule has 0 aliphatic rings. The molecule has 4 rings (SSSR count). The number of nitrogens with zero attached hydrogens (tertiary/aromatic N) is 2. The van der Waals surface area contributed by atoms with Crippen molar-refractivity contribution in [1.82, 2.24) is 15.1 Å². The van der Waals surface area contributed by atoms with Crippen LogP contribution in [0.15, 0.2) is 53.3 Å². The van der Waals surface area contributed by atoms with E-state index in [1.807, 2.05) is 55.5 Å². The van der Waals surface area contributed by atoms with Crippen LogP contribution in [0, 0.1) is 6.92 Å². The molecular weight excluding hydrogens is 386 g/mol. The quantitative estimate of drug-likeness (QED) is 0.546. The van der Waals surface area contributed by atoms with E-state index >= 15 is 0 Å². The van der Waals surface area contributed by atoms with Crippen LogP contribution in [-0.4, -0.2) is 22.8 Å². The maximum absolute atomic E-state index is 13.2. The molecule has 0 unspecified atom stereocenters. The lowest BCUT2D eigenvalue weighted by Crippen LogP contribution is -2.37. The minimum absolute atomic E-state index is 0.247. The summed E-state index contributed by atoms with van der Waals surface area (Å²) in [7, 11) is 1.59. The zero-order chi connectivity index (χ0) is 20.5. The lowest BCUT2D eigenvalue weighted by atomic mass is 10.2. The van der Waals surface area contributed by atoms with Gasteiger partial charge in [-0.25, -0.2) is 4.68 Å². The van der Waals surface area contributed by atoms with E-state index < -0.39 is 6.04 Å². The summed E-state index contributed by atoms with van der Waals surface area (Å²) in [6, 6.07) is 14.6. The molecule has 1 N–H and O–H groups in total. The molecule has 1 atom stereocenters. The summed E-state index contributed by atoms with van der Waals surface area (Å²) in [5, 5.41) is 8.85. The molecule has 0 radical (unpaired) electrons. The molecule has 1 amide bonds. The zero-order valence-corrected chi connectivity index (χ0v) is 17.2. The molecule has 0 saturated heterocycles. The third-order valence-corrected chi connectivity index (χ3v) is 6.28. The van der Waals surface area contributed by atoms with Crippen molar-refractivity contribution in [2.75, 3.05) is 7.11 Å². The van der Waals surface area contributed by atoms with E-state index in [0.717, 1.165) is 26.0 Å².